The van der Waals surface area contributed by atoms with Gasteiger partial charge in [0.25, 0.3) is 0 Å². The molecule has 0 saturated carbocycles. The molecule has 0 aliphatic carbocycles. The van der Waals surface area contributed by atoms with Gasteiger partial charge in [-0.05, 0) is 18.2 Å². The van der Waals surface area contributed by atoms with Crippen molar-refractivity contribution in [2.24, 2.45) is 7.05 Å². The van der Waals surface area contributed by atoms with Crippen LogP contribution in [-0.2, 0) is 7.05 Å². The van der Waals surface area contributed by atoms with Crippen molar-refractivity contribution in [3.05, 3.63) is 48.5 Å². The fraction of sp³-hybridized carbons (Fsp3) is 0.0667. The Morgan fingerprint density at radius 2 is 1.79 bits per heavy atom. The van der Waals surface area contributed by atoms with Crippen LogP contribution in [0.3, 0.4) is 0 Å². The van der Waals surface area contributed by atoms with Crippen molar-refractivity contribution in [2.75, 3.05) is 0 Å². The minimum absolute atomic E-state index is 0.818. The molecule has 0 radical (unpaired) electrons. The normalized spacial score (nSPS) is 11.4. The molecule has 92 valence electrons. The highest BCUT2D eigenvalue weighted by atomic mass is 15.3. The fourth-order valence-electron chi connectivity index (χ4n) is 2.45. The molecule has 0 amide bonds. The van der Waals surface area contributed by atoms with Gasteiger partial charge in [-0.3, -0.25) is 4.68 Å². The Kier molecular flexibility index (Phi) is 2.00. The quantitative estimate of drug-likeness (QED) is 0.562. The average molecular weight is 248 g/mol. The van der Waals surface area contributed by atoms with E-state index in [0.717, 1.165) is 33.5 Å². The van der Waals surface area contributed by atoms with Crippen molar-refractivity contribution in [3.8, 4) is 11.5 Å². The number of nitrogens with zero attached hydrogens (tertiary/aromatic N) is 3. The van der Waals surface area contributed by atoms with Gasteiger partial charge < -0.3 is 4.98 Å². The van der Waals surface area contributed by atoms with Crippen molar-refractivity contribution in [1.82, 2.24) is 19.7 Å². The van der Waals surface area contributed by atoms with Gasteiger partial charge in [0.1, 0.15) is 5.69 Å². The number of imidazole rings is 1. The second-order valence-electron chi connectivity index (χ2n) is 4.59. The first-order valence-corrected chi connectivity index (χ1v) is 6.20. The van der Waals surface area contributed by atoms with E-state index in [1.54, 1.807) is 0 Å². The van der Waals surface area contributed by atoms with E-state index in [4.69, 9.17) is 0 Å². The Labute approximate surface area is 109 Å². The summed E-state index contributed by atoms with van der Waals surface area (Å²) in [6.07, 6.45) is 0. The first-order chi connectivity index (χ1) is 9.33. The second kappa shape index (κ2) is 3.68. The van der Waals surface area contributed by atoms with Gasteiger partial charge in [0.05, 0.1) is 16.6 Å². The maximum absolute atomic E-state index is 4.62. The number of aromatic amines is 1. The highest BCUT2D eigenvalue weighted by Gasteiger charge is 2.13. The van der Waals surface area contributed by atoms with Crippen molar-refractivity contribution in [2.45, 2.75) is 0 Å². The third kappa shape index (κ3) is 1.46. The van der Waals surface area contributed by atoms with Crippen LogP contribution in [0.15, 0.2) is 48.5 Å². The van der Waals surface area contributed by atoms with Crippen LogP contribution < -0.4 is 0 Å². The van der Waals surface area contributed by atoms with Crippen LogP contribution in [0.4, 0.5) is 0 Å². The summed E-state index contributed by atoms with van der Waals surface area (Å²) in [6.45, 7) is 0. The Morgan fingerprint density at radius 3 is 2.68 bits per heavy atom. The monoisotopic (exact) mass is 248 g/mol. The second-order valence-corrected chi connectivity index (χ2v) is 4.59. The fourth-order valence-corrected chi connectivity index (χ4v) is 2.45. The highest BCUT2D eigenvalue weighted by molar-refractivity contribution is 5.93. The maximum Gasteiger partial charge on any atom is 0.159 e. The van der Waals surface area contributed by atoms with E-state index in [9.17, 15) is 0 Å². The number of nitrogens with one attached hydrogen (secondary N) is 1. The standard InChI is InChI=1S/C15H12N4/c1-19-13-9-5-2-6-10(13)14(18-19)15-16-11-7-3-4-8-12(11)17-15/h2-9H,1H3,(H,16,17). The average Bonchev–Trinajstić information content (AvgIpc) is 3.01. The maximum atomic E-state index is 4.62. The number of hydrogen-bond acceptors (Lipinski definition) is 2. The minimum atomic E-state index is 0.818. The zero-order chi connectivity index (χ0) is 12.8. The minimum Gasteiger partial charge on any atom is -0.337 e. The van der Waals surface area contributed by atoms with Gasteiger partial charge in [-0.25, -0.2) is 4.98 Å². The van der Waals surface area contributed by atoms with E-state index in [1.807, 2.05) is 48.1 Å². The lowest BCUT2D eigenvalue weighted by molar-refractivity contribution is 0.798. The van der Waals surface area contributed by atoms with E-state index in [0.29, 0.717) is 0 Å². The van der Waals surface area contributed by atoms with Gasteiger partial charge in [-0.15, -0.1) is 0 Å². The third-order valence-electron chi connectivity index (χ3n) is 3.37. The molecule has 0 unspecified atom stereocenters. The van der Waals surface area contributed by atoms with Gasteiger partial charge in [-0.1, -0.05) is 30.3 Å². The van der Waals surface area contributed by atoms with Crippen molar-refractivity contribution >= 4 is 21.9 Å². The summed E-state index contributed by atoms with van der Waals surface area (Å²) in [4.78, 5) is 7.95. The summed E-state index contributed by atoms with van der Waals surface area (Å²) in [5.74, 6) is 0.818. The molecule has 4 heteroatoms. The Bertz CT molecular complexity index is 852. The zero-order valence-corrected chi connectivity index (χ0v) is 10.5. The van der Waals surface area contributed by atoms with Crippen molar-refractivity contribution in [1.29, 1.82) is 0 Å². The molecule has 4 aromatic rings. The molecule has 2 aromatic carbocycles. The van der Waals surface area contributed by atoms with Crippen LogP contribution in [0.5, 0.6) is 0 Å². The molecule has 2 heterocycles. The van der Waals surface area contributed by atoms with Gasteiger partial charge in [0, 0.05) is 12.4 Å². The van der Waals surface area contributed by atoms with E-state index >= 15 is 0 Å². The summed E-state index contributed by atoms with van der Waals surface area (Å²) in [5, 5.41) is 5.69. The van der Waals surface area contributed by atoms with Crippen LogP contribution >= 0.6 is 0 Å². The number of aromatic nitrogens is 4. The van der Waals surface area contributed by atoms with Crippen molar-refractivity contribution < 1.29 is 0 Å². The lowest BCUT2D eigenvalue weighted by atomic mass is 10.2. The van der Waals surface area contributed by atoms with Crippen LogP contribution in [0.1, 0.15) is 0 Å². The molecule has 2 aromatic heterocycles. The molecule has 4 nitrogen and oxygen atoms in total. The lowest BCUT2D eigenvalue weighted by Crippen LogP contribution is -1.90. The largest absolute Gasteiger partial charge is 0.337 e. The van der Waals surface area contributed by atoms with Crippen LogP contribution in [0, 0.1) is 0 Å². The SMILES string of the molecule is Cn1nc(-c2nc3ccccc3[nH]2)c2ccccc21. The third-order valence-corrected chi connectivity index (χ3v) is 3.37. The predicted octanol–water partition coefficient (Wildman–Crippen LogP) is 3.12. The molecule has 0 aliphatic rings. The number of aryl methyl sites for hydroxylation is 1. The topological polar surface area (TPSA) is 46.5 Å². The number of para-hydroxylation sites is 3. The number of hydrogen-bond donors (Lipinski definition) is 1. The van der Waals surface area contributed by atoms with Crippen LogP contribution in [0.2, 0.25) is 0 Å². The summed E-state index contributed by atoms with van der Waals surface area (Å²) >= 11 is 0. The predicted molar refractivity (Wildman–Crippen MR) is 75.8 cm³/mol. The number of rotatable bonds is 1. The van der Waals surface area contributed by atoms with E-state index in [-0.39, 0.29) is 0 Å². The Morgan fingerprint density at radius 1 is 1.00 bits per heavy atom. The van der Waals surface area contributed by atoms with Crippen molar-refractivity contribution in [3.63, 3.8) is 0 Å². The zero-order valence-electron chi connectivity index (χ0n) is 10.5. The van der Waals surface area contributed by atoms with Gasteiger partial charge >= 0.3 is 0 Å². The van der Waals surface area contributed by atoms with Gasteiger partial charge in [-0.2, -0.15) is 5.10 Å². The molecular formula is C15H12N4. The molecule has 0 saturated heterocycles. The number of benzene rings is 2. The lowest BCUT2D eigenvalue weighted by Gasteiger charge is -1.91. The molecule has 4 rings (SSSR count). The molecule has 0 aliphatic heterocycles. The molecule has 1 N–H and O–H groups in total. The number of fused-ring (bicyclic) bond motifs is 2. The molecule has 0 atom stereocenters. The number of H-pyrrole nitrogens is 1. The first-order valence-electron chi connectivity index (χ1n) is 6.20. The smallest absolute Gasteiger partial charge is 0.159 e. The molecule has 0 bridgehead atoms. The van der Waals surface area contributed by atoms with E-state index < -0.39 is 0 Å². The summed E-state index contributed by atoms with van der Waals surface area (Å²) in [6, 6.07) is 16.2. The first kappa shape index (κ1) is 10.3. The Hall–Kier alpha value is -2.62. The molecule has 0 spiro atoms. The van der Waals surface area contributed by atoms with E-state index in [2.05, 4.69) is 27.2 Å². The Balaban J connectivity index is 2.04. The summed E-state index contributed by atoms with van der Waals surface area (Å²) in [7, 11) is 1.95. The molecule has 0 fully saturated rings. The summed E-state index contributed by atoms with van der Waals surface area (Å²) in [5.41, 5.74) is 4.01. The van der Waals surface area contributed by atoms with Crippen LogP contribution in [-0.4, -0.2) is 19.7 Å². The van der Waals surface area contributed by atoms with E-state index in [1.165, 1.54) is 0 Å². The van der Waals surface area contributed by atoms with Crippen LogP contribution in [0.25, 0.3) is 33.5 Å². The van der Waals surface area contributed by atoms with Gasteiger partial charge in [0.2, 0.25) is 0 Å². The molecule has 19 heavy (non-hydrogen) atoms. The highest BCUT2D eigenvalue weighted by Crippen LogP contribution is 2.26. The molecular weight excluding hydrogens is 236 g/mol. The summed E-state index contributed by atoms with van der Waals surface area (Å²) < 4.78 is 1.89. The van der Waals surface area contributed by atoms with Gasteiger partial charge in [0.15, 0.2) is 5.82 Å².